The summed E-state index contributed by atoms with van der Waals surface area (Å²) in [6, 6.07) is 4.01. The number of aromatic nitrogens is 1. The molecule has 1 aliphatic rings. The van der Waals surface area contributed by atoms with E-state index in [0.717, 1.165) is 5.01 Å². The fourth-order valence-corrected chi connectivity index (χ4v) is 4.97. The van der Waals surface area contributed by atoms with Crippen molar-refractivity contribution in [2.75, 3.05) is 24.9 Å². The van der Waals surface area contributed by atoms with E-state index in [1.807, 2.05) is 5.38 Å². The summed E-state index contributed by atoms with van der Waals surface area (Å²) in [5.74, 6) is -0.668. The number of benzene rings is 1. The number of hydrogen-bond donors (Lipinski definition) is 2. The van der Waals surface area contributed by atoms with Crippen molar-refractivity contribution in [2.45, 2.75) is 18.8 Å². The Labute approximate surface area is 155 Å². The maximum Gasteiger partial charge on any atom is 0.335 e. The second-order valence-corrected chi connectivity index (χ2v) is 8.47. The van der Waals surface area contributed by atoms with Crippen LogP contribution in [0.3, 0.4) is 0 Å². The third-order valence-electron chi connectivity index (χ3n) is 4.28. The molecule has 0 bridgehead atoms. The Morgan fingerprint density at radius 2 is 2.12 bits per heavy atom. The van der Waals surface area contributed by atoms with Crippen LogP contribution in [0.2, 0.25) is 0 Å². The predicted octanol–water partition coefficient (Wildman–Crippen LogP) is 2.39. The quantitative estimate of drug-likeness (QED) is 0.775. The first-order valence-corrected chi connectivity index (χ1v) is 10.3. The Bertz CT molecular complexity index is 875. The zero-order valence-electron chi connectivity index (χ0n) is 14.1. The van der Waals surface area contributed by atoms with Crippen molar-refractivity contribution >= 4 is 33.2 Å². The number of anilines is 1. The number of rotatable bonds is 6. The van der Waals surface area contributed by atoms with Gasteiger partial charge in [0.25, 0.3) is 0 Å². The number of carboxylic acid groups (broad SMARTS) is 1. The summed E-state index contributed by atoms with van der Waals surface area (Å²) in [5.41, 5.74) is 0.230. The molecule has 1 saturated heterocycles. The van der Waals surface area contributed by atoms with Crippen LogP contribution in [-0.2, 0) is 10.2 Å². The number of hydrogen-bond acceptors (Lipinski definition) is 6. The highest BCUT2D eigenvalue weighted by Crippen LogP contribution is 2.32. The largest absolute Gasteiger partial charge is 0.495 e. The Morgan fingerprint density at radius 1 is 1.38 bits per heavy atom. The first kappa shape index (κ1) is 18.6. The van der Waals surface area contributed by atoms with Gasteiger partial charge in [-0.2, -0.15) is 12.7 Å². The number of carbonyl (C=O) groups is 1. The standard InChI is InChI=1S/C16H19N3O5S2/c1-24-14-10-12(16(20)21)2-3-13(14)18-26(22,23)19-7-4-11(5-8-19)15-17-6-9-25-15/h2-3,6,9-11,18H,4-5,7-8H2,1H3,(H,20,21). The van der Waals surface area contributed by atoms with Crippen LogP contribution < -0.4 is 9.46 Å². The summed E-state index contributed by atoms with van der Waals surface area (Å²) in [5, 5.41) is 12.0. The molecule has 1 fully saturated rings. The van der Waals surface area contributed by atoms with Gasteiger partial charge in [-0.3, -0.25) is 4.72 Å². The van der Waals surface area contributed by atoms with Gasteiger partial charge in [-0.05, 0) is 31.0 Å². The second-order valence-electron chi connectivity index (χ2n) is 5.87. The van der Waals surface area contributed by atoms with Crippen molar-refractivity contribution < 1.29 is 23.1 Å². The number of ether oxygens (including phenoxy) is 1. The average Bonchev–Trinajstić information content (AvgIpc) is 3.16. The zero-order valence-corrected chi connectivity index (χ0v) is 15.7. The minimum Gasteiger partial charge on any atom is -0.495 e. The number of aromatic carboxylic acids is 1. The van der Waals surface area contributed by atoms with Crippen LogP contribution in [0.5, 0.6) is 5.75 Å². The van der Waals surface area contributed by atoms with Crippen molar-refractivity contribution in [2.24, 2.45) is 0 Å². The minimum atomic E-state index is -3.76. The maximum atomic E-state index is 12.7. The van der Waals surface area contributed by atoms with Crippen LogP contribution in [0.1, 0.15) is 34.1 Å². The van der Waals surface area contributed by atoms with E-state index in [2.05, 4.69) is 9.71 Å². The van der Waals surface area contributed by atoms with Gasteiger partial charge in [-0.15, -0.1) is 11.3 Å². The summed E-state index contributed by atoms with van der Waals surface area (Å²) >= 11 is 1.59. The van der Waals surface area contributed by atoms with Gasteiger partial charge in [-0.1, -0.05) is 0 Å². The topological polar surface area (TPSA) is 109 Å². The van der Waals surface area contributed by atoms with Crippen molar-refractivity contribution in [3.8, 4) is 5.75 Å². The van der Waals surface area contributed by atoms with E-state index in [4.69, 9.17) is 9.84 Å². The molecular weight excluding hydrogens is 378 g/mol. The molecule has 2 heterocycles. The van der Waals surface area contributed by atoms with Gasteiger partial charge in [0.05, 0.1) is 23.4 Å². The number of nitrogens with zero attached hydrogens (tertiary/aromatic N) is 2. The van der Waals surface area contributed by atoms with Gasteiger partial charge in [0.15, 0.2) is 0 Å². The monoisotopic (exact) mass is 397 g/mol. The highest BCUT2D eigenvalue weighted by Gasteiger charge is 2.30. The van der Waals surface area contributed by atoms with Gasteiger partial charge >= 0.3 is 16.2 Å². The summed E-state index contributed by atoms with van der Waals surface area (Å²) in [6.45, 7) is 0.796. The minimum absolute atomic E-state index is 0.0223. The number of methoxy groups -OCH3 is 1. The van der Waals surface area contributed by atoms with Crippen molar-refractivity contribution in [3.63, 3.8) is 0 Å². The molecule has 0 radical (unpaired) electrons. The molecule has 2 aromatic rings. The fourth-order valence-electron chi connectivity index (χ4n) is 2.89. The number of nitrogens with one attached hydrogen (secondary N) is 1. The van der Waals surface area contributed by atoms with Gasteiger partial charge < -0.3 is 9.84 Å². The molecule has 26 heavy (non-hydrogen) atoms. The molecule has 140 valence electrons. The van der Waals surface area contributed by atoms with Crippen molar-refractivity contribution in [1.82, 2.24) is 9.29 Å². The van der Waals surface area contributed by atoms with Gasteiger partial charge in [0, 0.05) is 30.6 Å². The molecule has 0 unspecified atom stereocenters. The molecule has 1 aromatic heterocycles. The van der Waals surface area contributed by atoms with E-state index < -0.39 is 16.2 Å². The van der Waals surface area contributed by atoms with Crippen LogP contribution in [0, 0.1) is 0 Å². The summed E-state index contributed by atoms with van der Waals surface area (Å²) < 4.78 is 34.3. The predicted molar refractivity (Wildman–Crippen MR) is 98.2 cm³/mol. The maximum absolute atomic E-state index is 12.7. The van der Waals surface area contributed by atoms with E-state index >= 15 is 0 Å². The molecule has 0 saturated carbocycles. The Kier molecular flexibility index (Phi) is 5.44. The molecule has 0 aliphatic carbocycles. The molecule has 0 amide bonds. The lowest BCUT2D eigenvalue weighted by atomic mass is 9.99. The van der Waals surface area contributed by atoms with Crippen LogP contribution in [0.15, 0.2) is 29.8 Å². The normalized spacial score (nSPS) is 16.3. The Hall–Kier alpha value is -2.17. The summed E-state index contributed by atoms with van der Waals surface area (Å²) in [4.78, 5) is 15.3. The van der Waals surface area contributed by atoms with Gasteiger partial charge in [0.2, 0.25) is 0 Å². The van der Waals surface area contributed by atoms with E-state index in [0.29, 0.717) is 25.9 Å². The molecule has 10 heteroatoms. The number of piperidine rings is 1. The first-order chi connectivity index (χ1) is 12.4. The highest BCUT2D eigenvalue weighted by atomic mass is 32.2. The van der Waals surface area contributed by atoms with Gasteiger partial charge in [0.1, 0.15) is 5.75 Å². The second kappa shape index (κ2) is 7.60. The molecule has 1 aromatic carbocycles. The molecule has 0 spiro atoms. The van der Waals surface area contributed by atoms with Crippen molar-refractivity contribution in [1.29, 1.82) is 0 Å². The number of thiazole rings is 1. The average molecular weight is 397 g/mol. The molecular formula is C16H19N3O5S2. The van der Waals surface area contributed by atoms with E-state index in [9.17, 15) is 13.2 Å². The molecule has 8 nitrogen and oxygen atoms in total. The SMILES string of the molecule is COc1cc(C(=O)O)ccc1NS(=O)(=O)N1CCC(c2nccs2)CC1. The fraction of sp³-hybridized carbons (Fsp3) is 0.375. The third-order valence-corrected chi connectivity index (χ3v) is 6.74. The lowest BCUT2D eigenvalue weighted by Crippen LogP contribution is -2.41. The molecule has 3 rings (SSSR count). The zero-order chi connectivity index (χ0) is 18.7. The third kappa shape index (κ3) is 3.97. The van der Waals surface area contributed by atoms with Gasteiger partial charge in [-0.25, -0.2) is 9.78 Å². The highest BCUT2D eigenvalue weighted by molar-refractivity contribution is 7.90. The van der Waals surface area contributed by atoms with E-state index in [-0.39, 0.29) is 22.9 Å². The van der Waals surface area contributed by atoms with Crippen LogP contribution >= 0.6 is 11.3 Å². The molecule has 2 N–H and O–H groups in total. The smallest absolute Gasteiger partial charge is 0.335 e. The van der Waals surface area contributed by atoms with Crippen LogP contribution in [-0.4, -0.2) is 49.0 Å². The van der Waals surface area contributed by atoms with E-state index in [1.165, 1.54) is 29.6 Å². The lowest BCUT2D eigenvalue weighted by Gasteiger charge is -2.30. The summed E-state index contributed by atoms with van der Waals surface area (Å²) in [6.07, 6.45) is 3.19. The Morgan fingerprint density at radius 3 is 2.69 bits per heavy atom. The first-order valence-electron chi connectivity index (χ1n) is 7.99. The van der Waals surface area contributed by atoms with E-state index in [1.54, 1.807) is 17.5 Å². The number of carboxylic acids is 1. The van der Waals surface area contributed by atoms with Crippen LogP contribution in [0.4, 0.5) is 5.69 Å². The lowest BCUT2D eigenvalue weighted by molar-refractivity contribution is 0.0696. The Balaban J connectivity index is 1.71. The summed E-state index contributed by atoms with van der Waals surface area (Å²) in [7, 11) is -2.40. The van der Waals surface area contributed by atoms with Crippen molar-refractivity contribution in [3.05, 3.63) is 40.3 Å². The molecule has 0 atom stereocenters. The molecule has 1 aliphatic heterocycles. The van der Waals surface area contributed by atoms with Crippen LogP contribution in [0.25, 0.3) is 0 Å².